The second-order valence-corrected chi connectivity index (χ2v) is 6.63. The van der Waals surface area contributed by atoms with Gasteiger partial charge in [-0.15, -0.1) is 0 Å². The van der Waals surface area contributed by atoms with E-state index < -0.39 is 0 Å². The predicted octanol–water partition coefficient (Wildman–Crippen LogP) is 4.11. The van der Waals surface area contributed by atoms with Crippen molar-refractivity contribution in [2.75, 3.05) is 20.1 Å². The molecular formula is C17H27ClN2. The van der Waals surface area contributed by atoms with E-state index >= 15 is 0 Å². The highest BCUT2D eigenvalue weighted by molar-refractivity contribution is 6.30. The largest absolute Gasteiger partial charge is 0.313 e. The highest BCUT2D eigenvalue weighted by Crippen LogP contribution is 2.24. The third-order valence-corrected chi connectivity index (χ3v) is 4.85. The van der Waals surface area contributed by atoms with Gasteiger partial charge in [0.25, 0.3) is 0 Å². The fourth-order valence-corrected chi connectivity index (χ4v) is 3.38. The first kappa shape index (κ1) is 15.8. The summed E-state index contributed by atoms with van der Waals surface area (Å²) in [6.45, 7) is 7.16. The number of hydrogen-bond acceptors (Lipinski definition) is 2. The third-order valence-electron chi connectivity index (χ3n) is 4.60. The van der Waals surface area contributed by atoms with E-state index in [1.54, 1.807) is 0 Å². The summed E-state index contributed by atoms with van der Waals surface area (Å²) in [5, 5.41) is 4.24. The van der Waals surface area contributed by atoms with Gasteiger partial charge >= 0.3 is 0 Å². The van der Waals surface area contributed by atoms with Crippen molar-refractivity contribution in [3.63, 3.8) is 0 Å². The molecule has 1 aliphatic rings. The summed E-state index contributed by atoms with van der Waals surface area (Å²) in [4.78, 5) is 2.64. The van der Waals surface area contributed by atoms with Gasteiger partial charge < -0.3 is 10.2 Å². The molecule has 3 atom stereocenters. The van der Waals surface area contributed by atoms with Crippen molar-refractivity contribution in [1.29, 1.82) is 0 Å². The number of nitrogens with zero attached hydrogens (tertiary/aromatic N) is 1. The molecule has 0 spiro atoms. The van der Waals surface area contributed by atoms with Crippen LogP contribution in [0.2, 0.25) is 5.02 Å². The van der Waals surface area contributed by atoms with E-state index in [0.29, 0.717) is 6.04 Å². The van der Waals surface area contributed by atoms with Crippen LogP contribution in [0.15, 0.2) is 24.3 Å². The third kappa shape index (κ3) is 4.21. The molecule has 3 heteroatoms. The molecule has 1 saturated heterocycles. The number of rotatable bonds is 5. The maximum Gasteiger partial charge on any atom is 0.0406 e. The molecule has 2 rings (SSSR count). The van der Waals surface area contributed by atoms with Crippen molar-refractivity contribution in [1.82, 2.24) is 10.2 Å². The molecular weight excluding hydrogens is 268 g/mol. The minimum Gasteiger partial charge on any atom is -0.313 e. The Hall–Kier alpha value is -0.570. The number of hydrogen-bond donors (Lipinski definition) is 1. The average molecular weight is 295 g/mol. The molecule has 0 amide bonds. The summed E-state index contributed by atoms with van der Waals surface area (Å²) in [5.41, 5.74) is 1.33. The zero-order chi connectivity index (χ0) is 14.5. The second kappa shape index (κ2) is 7.44. The van der Waals surface area contributed by atoms with E-state index in [1.807, 2.05) is 19.2 Å². The van der Waals surface area contributed by atoms with Gasteiger partial charge in [0, 0.05) is 23.7 Å². The minimum absolute atomic E-state index is 0.416. The summed E-state index contributed by atoms with van der Waals surface area (Å²) in [6.07, 6.45) is 3.83. The van der Waals surface area contributed by atoms with Crippen LogP contribution in [0.1, 0.15) is 44.7 Å². The van der Waals surface area contributed by atoms with Crippen molar-refractivity contribution in [3.8, 4) is 0 Å². The molecule has 2 nitrogen and oxygen atoms in total. The van der Waals surface area contributed by atoms with Gasteiger partial charge in [-0.25, -0.2) is 0 Å². The Morgan fingerprint density at radius 3 is 2.60 bits per heavy atom. The van der Waals surface area contributed by atoms with Crippen molar-refractivity contribution in [2.24, 2.45) is 5.92 Å². The van der Waals surface area contributed by atoms with Crippen LogP contribution in [-0.2, 0) is 0 Å². The fourth-order valence-electron chi connectivity index (χ4n) is 3.26. The van der Waals surface area contributed by atoms with Crippen molar-refractivity contribution >= 4 is 11.6 Å². The van der Waals surface area contributed by atoms with Crippen molar-refractivity contribution in [3.05, 3.63) is 34.9 Å². The smallest absolute Gasteiger partial charge is 0.0406 e. The van der Waals surface area contributed by atoms with E-state index in [9.17, 15) is 0 Å². The average Bonchev–Trinajstić information content (AvgIpc) is 2.43. The molecule has 1 aromatic carbocycles. The molecule has 0 aromatic heterocycles. The van der Waals surface area contributed by atoms with E-state index in [4.69, 9.17) is 11.6 Å². The zero-order valence-corrected chi connectivity index (χ0v) is 13.7. The van der Waals surface area contributed by atoms with Gasteiger partial charge in [-0.1, -0.05) is 30.7 Å². The number of likely N-dealkylation sites (tertiary alicyclic amines) is 1. The van der Waals surface area contributed by atoms with E-state index in [1.165, 1.54) is 31.5 Å². The van der Waals surface area contributed by atoms with E-state index in [0.717, 1.165) is 23.4 Å². The van der Waals surface area contributed by atoms with Gasteiger partial charge in [0.15, 0.2) is 0 Å². The maximum absolute atomic E-state index is 5.96. The summed E-state index contributed by atoms with van der Waals surface area (Å²) in [6, 6.07) is 9.36. The number of benzene rings is 1. The summed E-state index contributed by atoms with van der Waals surface area (Å²) >= 11 is 5.96. The highest BCUT2D eigenvalue weighted by Gasteiger charge is 2.23. The Labute approximate surface area is 128 Å². The molecule has 1 aromatic rings. The maximum atomic E-state index is 5.96. The van der Waals surface area contributed by atoms with Crippen LogP contribution in [0.25, 0.3) is 0 Å². The highest BCUT2D eigenvalue weighted by atomic mass is 35.5. The van der Waals surface area contributed by atoms with Gasteiger partial charge in [0.2, 0.25) is 0 Å². The Kier molecular flexibility index (Phi) is 5.88. The molecule has 1 fully saturated rings. The lowest BCUT2D eigenvalue weighted by Gasteiger charge is -2.37. The van der Waals surface area contributed by atoms with Crippen LogP contribution < -0.4 is 5.32 Å². The molecule has 0 bridgehead atoms. The number of piperidine rings is 1. The molecule has 1 N–H and O–H groups in total. The predicted molar refractivity (Wildman–Crippen MR) is 87.3 cm³/mol. The van der Waals surface area contributed by atoms with Gasteiger partial charge in [0.05, 0.1) is 0 Å². The Bertz CT molecular complexity index is 404. The molecule has 1 aliphatic heterocycles. The van der Waals surface area contributed by atoms with Crippen molar-refractivity contribution < 1.29 is 0 Å². The topological polar surface area (TPSA) is 15.3 Å². The van der Waals surface area contributed by atoms with Crippen LogP contribution in [0, 0.1) is 5.92 Å². The van der Waals surface area contributed by atoms with Crippen LogP contribution >= 0.6 is 11.6 Å². The first-order valence-electron chi connectivity index (χ1n) is 7.77. The van der Waals surface area contributed by atoms with Crippen LogP contribution in [-0.4, -0.2) is 31.1 Å². The lowest BCUT2D eigenvalue weighted by atomic mass is 9.93. The van der Waals surface area contributed by atoms with Crippen molar-refractivity contribution in [2.45, 2.75) is 45.2 Å². The number of nitrogens with one attached hydrogen (secondary N) is 1. The molecule has 3 unspecified atom stereocenters. The molecule has 20 heavy (non-hydrogen) atoms. The lowest BCUT2D eigenvalue weighted by Crippen LogP contribution is -2.41. The Morgan fingerprint density at radius 2 is 2.00 bits per heavy atom. The lowest BCUT2D eigenvalue weighted by molar-refractivity contribution is 0.124. The molecule has 0 aliphatic carbocycles. The quantitative estimate of drug-likeness (QED) is 0.879. The first-order chi connectivity index (χ1) is 9.60. The standard InChI is InChI=1S/C17H27ClN2/c1-13-8-10-20(14(2)12-13)11-9-17(19-3)15-4-6-16(18)7-5-15/h4-7,13-14,17,19H,8-12H2,1-3H3. The monoisotopic (exact) mass is 294 g/mol. The van der Waals surface area contributed by atoms with E-state index in [2.05, 4.69) is 36.2 Å². The SMILES string of the molecule is CNC(CCN1CCC(C)CC1C)c1ccc(Cl)cc1. The minimum atomic E-state index is 0.416. The normalized spacial score (nSPS) is 25.6. The fraction of sp³-hybridized carbons (Fsp3) is 0.647. The molecule has 112 valence electrons. The number of halogens is 1. The van der Waals surface area contributed by atoms with Crippen LogP contribution in [0.4, 0.5) is 0 Å². The summed E-state index contributed by atoms with van der Waals surface area (Å²) in [5.74, 6) is 0.887. The molecule has 0 saturated carbocycles. The van der Waals surface area contributed by atoms with Gasteiger partial charge in [-0.2, -0.15) is 0 Å². The zero-order valence-electron chi connectivity index (χ0n) is 12.9. The van der Waals surface area contributed by atoms with Crippen LogP contribution in [0.3, 0.4) is 0 Å². The molecule has 0 radical (unpaired) electrons. The van der Waals surface area contributed by atoms with Crippen LogP contribution in [0.5, 0.6) is 0 Å². The second-order valence-electron chi connectivity index (χ2n) is 6.20. The van der Waals surface area contributed by atoms with Gasteiger partial charge in [0.1, 0.15) is 0 Å². The first-order valence-corrected chi connectivity index (χ1v) is 8.14. The Morgan fingerprint density at radius 1 is 1.30 bits per heavy atom. The Balaban J connectivity index is 1.89. The van der Waals surface area contributed by atoms with Gasteiger partial charge in [-0.05, 0) is 63.4 Å². The molecule has 1 heterocycles. The van der Waals surface area contributed by atoms with E-state index in [-0.39, 0.29) is 0 Å². The van der Waals surface area contributed by atoms with Gasteiger partial charge in [-0.3, -0.25) is 0 Å². The summed E-state index contributed by atoms with van der Waals surface area (Å²) < 4.78 is 0. The summed E-state index contributed by atoms with van der Waals surface area (Å²) in [7, 11) is 2.04.